The Balaban J connectivity index is 1.49. The maximum absolute atomic E-state index is 12.5. The van der Waals surface area contributed by atoms with Crippen molar-refractivity contribution in [1.29, 1.82) is 0 Å². The second-order valence-corrected chi connectivity index (χ2v) is 7.07. The molecule has 0 aromatic heterocycles. The fourth-order valence-corrected chi connectivity index (χ4v) is 3.50. The van der Waals surface area contributed by atoms with E-state index < -0.39 is 12.0 Å². The quantitative estimate of drug-likeness (QED) is 0.680. The highest BCUT2D eigenvalue weighted by Gasteiger charge is 2.22. The van der Waals surface area contributed by atoms with Gasteiger partial charge in [0.1, 0.15) is 0 Å². The molecule has 1 atom stereocenters. The number of aliphatic hydroxyl groups excluding tert-OH is 1. The zero-order valence-electron chi connectivity index (χ0n) is 15.4. The molecule has 0 saturated carbocycles. The van der Waals surface area contributed by atoms with Crippen LogP contribution in [0.5, 0.6) is 0 Å². The molecule has 0 spiro atoms. The fraction of sp³-hybridized carbons (Fsp3) is 0.333. The second-order valence-electron chi connectivity index (χ2n) is 7.07. The molecule has 3 rings (SSSR count). The van der Waals surface area contributed by atoms with E-state index in [1.165, 1.54) is 22.1 Å². The number of carbonyl (C=O) groups is 2. The number of nitrogens with zero attached hydrogens (tertiary/aromatic N) is 1. The number of rotatable bonds is 7. The van der Waals surface area contributed by atoms with Crippen LogP contribution in [0.2, 0.25) is 0 Å². The van der Waals surface area contributed by atoms with Gasteiger partial charge in [0, 0.05) is 37.3 Å². The second kappa shape index (κ2) is 8.33. The number of nitrogens with two attached hydrogens (primary N) is 1. The van der Waals surface area contributed by atoms with Gasteiger partial charge in [-0.05, 0) is 42.2 Å². The minimum absolute atomic E-state index is 0.201. The zero-order chi connectivity index (χ0) is 19.4. The number of hydrogen-bond donors (Lipinski definition) is 3. The lowest BCUT2D eigenvalue weighted by molar-refractivity contribution is 0.0677. The molecule has 2 amide bonds. The summed E-state index contributed by atoms with van der Waals surface area (Å²) in [4.78, 5) is 25.2. The van der Waals surface area contributed by atoms with Crippen molar-refractivity contribution >= 4 is 11.8 Å². The van der Waals surface area contributed by atoms with E-state index in [2.05, 4.69) is 17.4 Å². The first-order valence-electron chi connectivity index (χ1n) is 9.07. The van der Waals surface area contributed by atoms with Crippen LogP contribution in [0.25, 0.3) is 0 Å². The molecule has 0 heterocycles. The Morgan fingerprint density at radius 3 is 2.41 bits per heavy atom. The van der Waals surface area contributed by atoms with Crippen LogP contribution in [0, 0.1) is 0 Å². The lowest BCUT2D eigenvalue weighted by Gasteiger charge is -2.22. The van der Waals surface area contributed by atoms with Crippen LogP contribution in [0.1, 0.15) is 31.8 Å². The third-order valence-corrected chi connectivity index (χ3v) is 4.92. The number of primary amides is 1. The maximum atomic E-state index is 12.5. The van der Waals surface area contributed by atoms with Crippen LogP contribution in [-0.2, 0) is 12.8 Å². The van der Waals surface area contributed by atoms with Crippen molar-refractivity contribution in [2.24, 2.45) is 5.73 Å². The van der Waals surface area contributed by atoms with E-state index in [4.69, 9.17) is 5.73 Å². The molecular weight excluding hydrogens is 342 g/mol. The van der Waals surface area contributed by atoms with E-state index in [1.807, 2.05) is 12.1 Å². The third-order valence-electron chi connectivity index (χ3n) is 4.92. The predicted octanol–water partition coefficient (Wildman–Crippen LogP) is 0.975. The van der Waals surface area contributed by atoms with Crippen molar-refractivity contribution in [2.75, 3.05) is 20.1 Å². The Labute approximate surface area is 159 Å². The van der Waals surface area contributed by atoms with Gasteiger partial charge in [-0.3, -0.25) is 9.59 Å². The lowest BCUT2D eigenvalue weighted by atomic mass is 10.1. The van der Waals surface area contributed by atoms with Gasteiger partial charge in [0.2, 0.25) is 5.91 Å². The smallest absolute Gasteiger partial charge is 0.253 e. The molecule has 27 heavy (non-hydrogen) atoms. The first kappa shape index (κ1) is 19.1. The summed E-state index contributed by atoms with van der Waals surface area (Å²) in [7, 11) is 1.63. The van der Waals surface area contributed by atoms with Crippen LogP contribution in [0.3, 0.4) is 0 Å². The van der Waals surface area contributed by atoms with Crippen molar-refractivity contribution in [3.8, 4) is 0 Å². The van der Waals surface area contributed by atoms with E-state index >= 15 is 0 Å². The number of hydrogen-bond acceptors (Lipinski definition) is 4. The van der Waals surface area contributed by atoms with Gasteiger partial charge < -0.3 is 21.1 Å². The van der Waals surface area contributed by atoms with Crippen LogP contribution >= 0.6 is 0 Å². The first-order valence-corrected chi connectivity index (χ1v) is 9.07. The molecule has 0 aliphatic heterocycles. The number of amides is 2. The number of likely N-dealkylation sites (N-methyl/N-ethyl adjacent to an activating group) is 1. The number of nitrogens with one attached hydrogen (secondary N) is 1. The van der Waals surface area contributed by atoms with E-state index in [0.717, 1.165) is 12.8 Å². The fourth-order valence-electron chi connectivity index (χ4n) is 3.50. The molecule has 0 bridgehead atoms. The van der Waals surface area contributed by atoms with E-state index in [0.29, 0.717) is 18.2 Å². The van der Waals surface area contributed by atoms with Crippen molar-refractivity contribution in [3.63, 3.8) is 0 Å². The number of carbonyl (C=O) groups excluding carboxylic acids is 2. The third kappa shape index (κ3) is 4.72. The SMILES string of the molecule is CN(C[C@@H](O)CNC1Cc2ccccc2C1)C(=O)c1cccc(C(N)=O)c1. The highest BCUT2D eigenvalue weighted by Crippen LogP contribution is 2.21. The summed E-state index contributed by atoms with van der Waals surface area (Å²) < 4.78 is 0. The summed E-state index contributed by atoms with van der Waals surface area (Å²) in [5, 5.41) is 13.7. The Bertz CT molecular complexity index is 812. The van der Waals surface area contributed by atoms with Gasteiger partial charge in [0.05, 0.1) is 6.10 Å². The van der Waals surface area contributed by atoms with E-state index in [9.17, 15) is 14.7 Å². The van der Waals surface area contributed by atoms with Gasteiger partial charge >= 0.3 is 0 Å². The summed E-state index contributed by atoms with van der Waals surface area (Å²) in [5.41, 5.74) is 8.63. The number of aliphatic hydroxyl groups is 1. The summed E-state index contributed by atoms with van der Waals surface area (Å²) in [5.74, 6) is -0.834. The molecule has 1 aliphatic rings. The average molecular weight is 367 g/mol. The standard InChI is InChI=1S/C21H25N3O3/c1-24(21(27)17-8-4-7-16(9-17)20(22)26)13-19(25)12-23-18-10-14-5-2-3-6-15(14)11-18/h2-9,18-19,23,25H,10-13H2,1H3,(H2,22,26)/t19-/m0/s1. The molecule has 4 N–H and O–H groups in total. The molecule has 2 aromatic carbocycles. The zero-order valence-corrected chi connectivity index (χ0v) is 15.4. The van der Waals surface area contributed by atoms with Gasteiger partial charge in [-0.25, -0.2) is 0 Å². The maximum Gasteiger partial charge on any atom is 0.253 e. The Hall–Kier alpha value is -2.70. The van der Waals surface area contributed by atoms with Crippen LogP contribution in [0.4, 0.5) is 0 Å². The monoisotopic (exact) mass is 367 g/mol. The van der Waals surface area contributed by atoms with Crippen molar-refractivity contribution < 1.29 is 14.7 Å². The molecule has 1 aliphatic carbocycles. The topological polar surface area (TPSA) is 95.7 Å². The molecule has 6 nitrogen and oxygen atoms in total. The minimum atomic E-state index is -0.679. The first-order chi connectivity index (χ1) is 12.9. The number of fused-ring (bicyclic) bond motifs is 1. The summed E-state index contributed by atoms with van der Waals surface area (Å²) in [6, 6.07) is 15.0. The summed E-state index contributed by atoms with van der Waals surface area (Å²) in [6.45, 7) is 0.615. The minimum Gasteiger partial charge on any atom is -0.390 e. The average Bonchev–Trinajstić information content (AvgIpc) is 3.09. The molecule has 2 aromatic rings. The van der Waals surface area contributed by atoms with Gasteiger partial charge in [-0.15, -0.1) is 0 Å². The van der Waals surface area contributed by atoms with Gasteiger partial charge in [-0.2, -0.15) is 0 Å². The highest BCUT2D eigenvalue weighted by molar-refractivity contribution is 5.99. The summed E-state index contributed by atoms with van der Waals surface area (Å²) >= 11 is 0. The Morgan fingerprint density at radius 2 is 1.78 bits per heavy atom. The molecule has 0 radical (unpaired) electrons. The van der Waals surface area contributed by atoms with Crippen LogP contribution in [-0.4, -0.2) is 54.1 Å². The molecular formula is C21H25N3O3. The largest absolute Gasteiger partial charge is 0.390 e. The van der Waals surface area contributed by atoms with E-state index in [-0.39, 0.29) is 18.0 Å². The van der Waals surface area contributed by atoms with Crippen LogP contribution in [0.15, 0.2) is 48.5 Å². The summed E-state index contributed by atoms with van der Waals surface area (Å²) in [6.07, 6.45) is 1.23. The van der Waals surface area contributed by atoms with Crippen molar-refractivity contribution in [3.05, 3.63) is 70.8 Å². The molecule has 6 heteroatoms. The molecule has 0 saturated heterocycles. The van der Waals surface area contributed by atoms with Gasteiger partial charge in [0.15, 0.2) is 0 Å². The van der Waals surface area contributed by atoms with Gasteiger partial charge in [0.25, 0.3) is 5.91 Å². The lowest BCUT2D eigenvalue weighted by Crippen LogP contribution is -2.42. The Kier molecular flexibility index (Phi) is 5.88. The van der Waals surface area contributed by atoms with Crippen LogP contribution < -0.4 is 11.1 Å². The van der Waals surface area contributed by atoms with Crippen molar-refractivity contribution in [1.82, 2.24) is 10.2 Å². The van der Waals surface area contributed by atoms with E-state index in [1.54, 1.807) is 25.2 Å². The highest BCUT2D eigenvalue weighted by atomic mass is 16.3. The molecule has 142 valence electrons. The Morgan fingerprint density at radius 1 is 1.15 bits per heavy atom. The number of benzene rings is 2. The normalized spacial score (nSPS) is 14.6. The molecule has 0 unspecified atom stereocenters. The van der Waals surface area contributed by atoms with Crippen molar-refractivity contribution in [2.45, 2.75) is 25.0 Å². The predicted molar refractivity (Wildman–Crippen MR) is 104 cm³/mol. The van der Waals surface area contributed by atoms with Gasteiger partial charge in [-0.1, -0.05) is 30.3 Å². The molecule has 0 fully saturated rings.